The van der Waals surface area contributed by atoms with Crippen molar-refractivity contribution in [2.45, 2.75) is 0 Å². The second-order valence-corrected chi connectivity index (χ2v) is 4.30. The maximum Gasteiger partial charge on any atom is 0.328 e. The molecule has 7 heteroatoms. The molecular formula is C11H13F2N3O2. The van der Waals surface area contributed by atoms with Gasteiger partial charge in [-0.25, -0.2) is 4.39 Å². The van der Waals surface area contributed by atoms with Crippen LogP contribution in [-0.2, 0) is 0 Å². The normalized spacial score (nSPS) is 16.9. The number of rotatable bonds is 2. The van der Waals surface area contributed by atoms with Crippen LogP contribution in [0, 0.1) is 21.7 Å². The quantitative estimate of drug-likeness (QED) is 0.596. The fourth-order valence-corrected chi connectivity index (χ4v) is 2.02. The van der Waals surface area contributed by atoms with Gasteiger partial charge in [-0.2, -0.15) is 4.39 Å². The molecular weight excluding hydrogens is 244 g/mol. The van der Waals surface area contributed by atoms with E-state index in [1.807, 2.05) is 7.05 Å². The van der Waals surface area contributed by atoms with Crippen molar-refractivity contribution in [2.75, 3.05) is 38.1 Å². The monoisotopic (exact) mass is 257 g/mol. The van der Waals surface area contributed by atoms with Gasteiger partial charge in [0.1, 0.15) is 11.5 Å². The van der Waals surface area contributed by atoms with Crippen molar-refractivity contribution in [3.63, 3.8) is 0 Å². The summed E-state index contributed by atoms with van der Waals surface area (Å²) in [7, 11) is 1.93. The van der Waals surface area contributed by atoms with E-state index in [1.165, 1.54) is 0 Å². The molecule has 1 aliphatic heterocycles. The number of nitro groups is 1. The first-order valence-electron chi connectivity index (χ1n) is 5.56. The highest BCUT2D eigenvalue weighted by atomic mass is 19.1. The van der Waals surface area contributed by atoms with E-state index in [0.717, 1.165) is 6.07 Å². The molecule has 1 aromatic carbocycles. The van der Waals surface area contributed by atoms with Gasteiger partial charge in [0.25, 0.3) is 0 Å². The molecule has 1 saturated heterocycles. The standard InChI is InChI=1S/C11H13F2N3O2/c1-14-2-4-15(5-3-14)10-7-8(12)6-9(13)11(10)16(17)18/h6-7H,2-5H2,1H3. The lowest BCUT2D eigenvalue weighted by atomic mass is 10.2. The van der Waals surface area contributed by atoms with Crippen molar-refractivity contribution >= 4 is 11.4 Å². The molecule has 1 aromatic rings. The molecule has 0 spiro atoms. The summed E-state index contributed by atoms with van der Waals surface area (Å²) >= 11 is 0. The van der Waals surface area contributed by atoms with Crippen LogP contribution in [0.4, 0.5) is 20.2 Å². The van der Waals surface area contributed by atoms with Crippen LogP contribution in [0.2, 0.25) is 0 Å². The molecule has 0 atom stereocenters. The summed E-state index contributed by atoms with van der Waals surface area (Å²) in [4.78, 5) is 13.8. The van der Waals surface area contributed by atoms with E-state index in [-0.39, 0.29) is 5.69 Å². The van der Waals surface area contributed by atoms with E-state index in [4.69, 9.17) is 0 Å². The zero-order chi connectivity index (χ0) is 13.3. The number of benzene rings is 1. The Morgan fingerprint density at radius 2 is 1.83 bits per heavy atom. The topological polar surface area (TPSA) is 49.6 Å². The highest BCUT2D eigenvalue weighted by Gasteiger charge is 2.27. The van der Waals surface area contributed by atoms with Crippen molar-refractivity contribution in [2.24, 2.45) is 0 Å². The fourth-order valence-electron chi connectivity index (χ4n) is 2.02. The molecule has 0 bridgehead atoms. The zero-order valence-corrected chi connectivity index (χ0v) is 9.90. The van der Waals surface area contributed by atoms with E-state index in [0.29, 0.717) is 32.2 Å². The first-order chi connectivity index (χ1) is 8.49. The number of hydrogen-bond donors (Lipinski definition) is 0. The first kappa shape index (κ1) is 12.7. The van der Waals surface area contributed by atoms with Crippen molar-refractivity contribution in [3.8, 4) is 0 Å². The summed E-state index contributed by atoms with van der Waals surface area (Å²) in [6.07, 6.45) is 0. The molecule has 2 rings (SSSR count). The van der Waals surface area contributed by atoms with Crippen LogP contribution < -0.4 is 4.90 Å². The minimum Gasteiger partial charge on any atom is -0.363 e. The largest absolute Gasteiger partial charge is 0.363 e. The van der Waals surface area contributed by atoms with Crippen molar-refractivity contribution in [1.29, 1.82) is 0 Å². The minimum absolute atomic E-state index is 0.0191. The van der Waals surface area contributed by atoms with Gasteiger partial charge in [-0.05, 0) is 7.05 Å². The summed E-state index contributed by atoms with van der Waals surface area (Å²) < 4.78 is 26.7. The summed E-state index contributed by atoms with van der Waals surface area (Å²) in [5, 5.41) is 10.9. The molecule has 1 fully saturated rings. The smallest absolute Gasteiger partial charge is 0.328 e. The van der Waals surface area contributed by atoms with Crippen molar-refractivity contribution in [1.82, 2.24) is 4.90 Å². The van der Waals surface area contributed by atoms with Gasteiger partial charge in [-0.3, -0.25) is 10.1 Å². The van der Waals surface area contributed by atoms with Gasteiger partial charge >= 0.3 is 5.69 Å². The van der Waals surface area contributed by atoms with E-state index in [1.54, 1.807) is 4.90 Å². The second-order valence-electron chi connectivity index (χ2n) is 4.30. The lowest BCUT2D eigenvalue weighted by Crippen LogP contribution is -2.44. The molecule has 0 saturated carbocycles. The van der Waals surface area contributed by atoms with Crippen LogP contribution in [0.5, 0.6) is 0 Å². The minimum atomic E-state index is -1.13. The Bertz CT molecular complexity index is 474. The molecule has 1 aliphatic rings. The Morgan fingerprint density at radius 3 is 2.39 bits per heavy atom. The number of nitro benzene ring substituents is 1. The highest BCUT2D eigenvalue weighted by Crippen LogP contribution is 2.32. The number of likely N-dealkylation sites (N-methyl/N-ethyl adjacent to an activating group) is 1. The van der Waals surface area contributed by atoms with Gasteiger partial charge in [0.15, 0.2) is 0 Å². The number of halogens is 2. The summed E-state index contributed by atoms with van der Waals surface area (Å²) in [5.41, 5.74) is -0.633. The maximum absolute atomic E-state index is 13.5. The third-order valence-electron chi connectivity index (χ3n) is 3.03. The molecule has 1 heterocycles. The third kappa shape index (κ3) is 2.40. The summed E-state index contributed by atoms with van der Waals surface area (Å²) in [6, 6.07) is 1.56. The van der Waals surface area contributed by atoms with Gasteiger partial charge in [0.2, 0.25) is 5.82 Å². The maximum atomic E-state index is 13.5. The van der Waals surface area contributed by atoms with Crippen molar-refractivity contribution < 1.29 is 13.7 Å². The van der Waals surface area contributed by atoms with Gasteiger partial charge < -0.3 is 9.80 Å². The number of piperazine rings is 1. The van der Waals surface area contributed by atoms with E-state index in [2.05, 4.69) is 4.90 Å². The van der Waals surface area contributed by atoms with Gasteiger partial charge in [-0.1, -0.05) is 0 Å². The molecule has 0 aliphatic carbocycles. The lowest BCUT2D eigenvalue weighted by molar-refractivity contribution is -0.386. The Morgan fingerprint density at radius 1 is 1.22 bits per heavy atom. The molecule has 5 nitrogen and oxygen atoms in total. The second kappa shape index (κ2) is 4.85. The number of hydrogen-bond acceptors (Lipinski definition) is 4. The van der Waals surface area contributed by atoms with Crippen LogP contribution in [0.1, 0.15) is 0 Å². The number of nitrogens with zero attached hydrogens (tertiary/aromatic N) is 3. The lowest BCUT2D eigenvalue weighted by Gasteiger charge is -2.33. The predicted octanol–water partition coefficient (Wildman–Crippen LogP) is 1.62. The Kier molecular flexibility index (Phi) is 3.42. The fraction of sp³-hybridized carbons (Fsp3) is 0.455. The molecule has 0 aromatic heterocycles. The average Bonchev–Trinajstić information content (AvgIpc) is 2.28. The Balaban J connectivity index is 2.39. The Hall–Kier alpha value is -1.76. The van der Waals surface area contributed by atoms with E-state index in [9.17, 15) is 18.9 Å². The SMILES string of the molecule is CN1CCN(c2cc(F)cc(F)c2[N+](=O)[O-])CC1. The third-order valence-corrected chi connectivity index (χ3v) is 3.03. The average molecular weight is 257 g/mol. The van der Waals surface area contributed by atoms with Crippen molar-refractivity contribution in [3.05, 3.63) is 33.9 Å². The Labute approximate surface area is 103 Å². The van der Waals surface area contributed by atoms with Crippen LogP contribution in [0.25, 0.3) is 0 Å². The number of anilines is 1. The van der Waals surface area contributed by atoms with Gasteiger partial charge in [0, 0.05) is 38.3 Å². The van der Waals surface area contributed by atoms with Crippen LogP contribution in [0.15, 0.2) is 12.1 Å². The summed E-state index contributed by atoms with van der Waals surface area (Å²) in [5.74, 6) is -1.93. The molecule has 0 N–H and O–H groups in total. The molecule has 18 heavy (non-hydrogen) atoms. The first-order valence-corrected chi connectivity index (χ1v) is 5.56. The van der Waals surface area contributed by atoms with Gasteiger partial charge in [0.05, 0.1) is 4.92 Å². The molecule has 0 amide bonds. The summed E-state index contributed by atoms with van der Waals surface area (Å²) in [6.45, 7) is 2.44. The van der Waals surface area contributed by atoms with E-state index < -0.39 is 22.2 Å². The van der Waals surface area contributed by atoms with Gasteiger partial charge in [-0.15, -0.1) is 0 Å². The van der Waals surface area contributed by atoms with Crippen LogP contribution in [0.3, 0.4) is 0 Å². The van der Waals surface area contributed by atoms with Crippen LogP contribution >= 0.6 is 0 Å². The molecule has 0 radical (unpaired) electrons. The highest BCUT2D eigenvalue weighted by molar-refractivity contribution is 5.64. The van der Waals surface area contributed by atoms with Crippen LogP contribution in [-0.4, -0.2) is 43.0 Å². The van der Waals surface area contributed by atoms with E-state index >= 15 is 0 Å². The predicted molar refractivity (Wildman–Crippen MR) is 62.7 cm³/mol. The molecule has 0 unspecified atom stereocenters. The zero-order valence-electron chi connectivity index (χ0n) is 9.90. The molecule has 98 valence electrons.